The number of hydrogen-bond acceptors (Lipinski definition) is 4. The van der Waals surface area contributed by atoms with Crippen molar-refractivity contribution < 1.29 is 15.0 Å². The SMILES string of the molecule is C[C@@](O)(CCc1ccccc1)C(=O)NCc1ncccc1O. The number of aromatic nitrogens is 1. The first-order valence-electron chi connectivity index (χ1n) is 7.16. The van der Waals surface area contributed by atoms with Crippen molar-refractivity contribution in [2.24, 2.45) is 0 Å². The van der Waals surface area contributed by atoms with Gasteiger partial charge in [0.1, 0.15) is 17.0 Å². The average molecular weight is 300 g/mol. The van der Waals surface area contributed by atoms with Crippen molar-refractivity contribution in [3.05, 3.63) is 59.9 Å². The summed E-state index contributed by atoms with van der Waals surface area (Å²) in [6, 6.07) is 12.8. The van der Waals surface area contributed by atoms with Gasteiger partial charge in [0, 0.05) is 6.20 Å². The van der Waals surface area contributed by atoms with Gasteiger partial charge < -0.3 is 15.5 Å². The number of aliphatic hydroxyl groups is 1. The number of pyridine rings is 1. The normalized spacial score (nSPS) is 13.4. The van der Waals surface area contributed by atoms with E-state index in [0.717, 1.165) is 5.56 Å². The lowest BCUT2D eigenvalue weighted by atomic mass is 9.96. The molecule has 2 aromatic rings. The molecule has 0 fully saturated rings. The van der Waals surface area contributed by atoms with Gasteiger partial charge in [0.05, 0.1) is 6.54 Å². The van der Waals surface area contributed by atoms with Crippen LogP contribution in [0.3, 0.4) is 0 Å². The molecular formula is C17H20N2O3. The van der Waals surface area contributed by atoms with Crippen LogP contribution >= 0.6 is 0 Å². The lowest BCUT2D eigenvalue weighted by Crippen LogP contribution is -2.44. The summed E-state index contributed by atoms with van der Waals surface area (Å²) < 4.78 is 0. The maximum Gasteiger partial charge on any atom is 0.252 e. The molecule has 1 amide bonds. The quantitative estimate of drug-likeness (QED) is 0.759. The van der Waals surface area contributed by atoms with Crippen LogP contribution in [-0.2, 0) is 17.8 Å². The third-order valence-corrected chi connectivity index (χ3v) is 3.52. The van der Waals surface area contributed by atoms with Crippen molar-refractivity contribution in [2.45, 2.75) is 31.9 Å². The van der Waals surface area contributed by atoms with E-state index in [4.69, 9.17) is 0 Å². The Hall–Kier alpha value is -2.40. The number of aromatic hydroxyl groups is 1. The van der Waals surface area contributed by atoms with Crippen molar-refractivity contribution >= 4 is 5.91 Å². The Morgan fingerprint density at radius 3 is 2.64 bits per heavy atom. The zero-order chi connectivity index (χ0) is 16.0. The Bertz CT molecular complexity index is 627. The standard InChI is InChI=1S/C17H20N2O3/c1-17(22,10-9-13-6-3-2-4-7-13)16(21)19-12-14-15(20)8-5-11-18-14/h2-8,11,20,22H,9-10,12H2,1H3,(H,19,21)/t17-/m1/s1. The second-order valence-corrected chi connectivity index (χ2v) is 5.41. The number of amides is 1. The first-order chi connectivity index (χ1) is 10.5. The second-order valence-electron chi connectivity index (χ2n) is 5.41. The molecule has 0 aliphatic heterocycles. The summed E-state index contributed by atoms with van der Waals surface area (Å²) in [4.78, 5) is 16.1. The van der Waals surface area contributed by atoms with Crippen LogP contribution in [0.2, 0.25) is 0 Å². The number of nitrogens with zero attached hydrogens (tertiary/aromatic N) is 1. The molecule has 2 rings (SSSR count). The molecule has 0 bridgehead atoms. The topological polar surface area (TPSA) is 82.5 Å². The molecule has 116 valence electrons. The van der Waals surface area contributed by atoms with Crippen LogP contribution in [0.15, 0.2) is 48.7 Å². The highest BCUT2D eigenvalue weighted by molar-refractivity contribution is 5.84. The lowest BCUT2D eigenvalue weighted by molar-refractivity contribution is -0.138. The molecule has 1 aromatic carbocycles. The summed E-state index contributed by atoms with van der Waals surface area (Å²) in [5, 5.41) is 22.5. The summed E-state index contributed by atoms with van der Waals surface area (Å²) in [6.45, 7) is 1.57. The highest BCUT2D eigenvalue weighted by atomic mass is 16.3. The summed E-state index contributed by atoms with van der Waals surface area (Å²) in [7, 11) is 0. The maximum absolute atomic E-state index is 12.1. The van der Waals surface area contributed by atoms with Crippen LogP contribution in [0.4, 0.5) is 0 Å². The molecule has 0 aliphatic rings. The molecule has 3 N–H and O–H groups in total. The van der Waals surface area contributed by atoms with E-state index in [1.165, 1.54) is 19.2 Å². The van der Waals surface area contributed by atoms with Gasteiger partial charge in [-0.2, -0.15) is 0 Å². The minimum Gasteiger partial charge on any atom is -0.506 e. The van der Waals surface area contributed by atoms with E-state index in [0.29, 0.717) is 18.5 Å². The number of nitrogens with one attached hydrogen (secondary N) is 1. The number of hydrogen-bond donors (Lipinski definition) is 3. The predicted molar refractivity (Wildman–Crippen MR) is 83.1 cm³/mol. The van der Waals surface area contributed by atoms with Gasteiger partial charge in [-0.15, -0.1) is 0 Å². The van der Waals surface area contributed by atoms with Crippen molar-refractivity contribution in [3.63, 3.8) is 0 Å². The minimum absolute atomic E-state index is 0.0201. The Kier molecular flexibility index (Phi) is 5.12. The fourth-order valence-electron chi connectivity index (χ4n) is 2.07. The van der Waals surface area contributed by atoms with Crippen LogP contribution in [0, 0.1) is 0 Å². The first-order valence-corrected chi connectivity index (χ1v) is 7.16. The highest BCUT2D eigenvalue weighted by Gasteiger charge is 2.29. The number of rotatable bonds is 6. The predicted octanol–water partition coefficient (Wildman–Crippen LogP) is 1.79. The second kappa shape index (κ2) is 7.04. The monoisotopic (exact) mass is 300 g/mol. The largest absolute Gasteiger partial charge is 0.506 e. The van der Waals surface area contributed by atoms with Crippen LogP contribution in [0.5, 0.6) is 5.75 Å². The van der Waals surface area contributed by atoms with Crippen molar-refractivity contribution in [1.29, 1.82) is 0 Å². The van der Waals surface area contributed by atoms with Gasteiger partial charge in [-0.25, -0.2) is 0 Å². The van der Waals surface area contributed by atoms with Gasteiger partial charge in [0.2, 0.25) is 0 Å². The molecule has 5 nitrogen and oxygen atoms in total. The van der Waals surface area contributed by atoms with E-state index in [9.17, 15) is 15.0 Å². The van der Waals surface area contributed by atoms with E-state index >= 15 is 0 Å². The third kappa shape index (κ3) is 4.30. The van der Waals surface area contributed by atoms with Crippen LogP contribution in [0.1, 0.15) is 24.6 Å². The summed E-state index contributed by atoms with van der Waals surface area (Å²) >= 11 is 0. The van der Waals surface area contributed by atoms with E-state index in [1.807, 2.05) is 30.3 Å². The number of benzene rings is 1. The van der Waals surface area contributed by atoms with Gasteiger partial charge in [0.15, 0.2) is 0 Å². The molecular weight excluding hydrogens is 280 g/mol. The summed E-state index contributed by atoms with van der Waals surface area (Å²) in [5.74, 6) is -0.458. The van der Waals surface area contributed by atoms with Crippen LogP contribution in [0.25, 0.3) is 0 Å². The third-order valence-electron chi connectivity index (χ3n) is 3.52. The first kappa shape index (κ1) is 16.0. The maximum atomic E-state index is 12.1. The molecule has 0 unspecified atom stereocenters. The zero-order valence-electron chi connectivity index (χ0n) is 12.5. The van der Waals surface area contributed by atoms with Crippen molar-refractivity contribution in [2.75, 3.05) is 0 Å². The average Bonchev–Trinajstić information content (AvgIpc) is 2.53. The van der Waals surface area contributed by atoms with E-state index in [1.54, 1.807) is 6.07 Å². The Balaban J connectivity index is 1.89. The van der Waals surface area contributed by atoms with E-state index < -0.39 is 11.5 Å². The lowest BCUT2D eigenvalue weighted by Gasteiger charge is -2.22. The molecule has 1 atom stereocenters. The fourth-order valence-corrected chi connectivity index (χ4v) is 2.07. The molecule has 5 heteroatoms. The van der Waals surface area contributed by atoms with Gasteiger partial charge in [-0.1, -0.05) is 30.3 Å². The fraction of sp³-hybridized carbons (Fsp3) is 0.294. The van der Waals surface area contributed by atoms with Crippen LogP contribution in [-0.4, -0.2) is 26.7 Å². The van der Waals surface area contributed by atoms with Crippen molar-refractivity contribution in [1.82, 2.24) is 10.3 Å². The van der Waals surface area contributed by atoms with Crippen molar-refractivity contribution in [3.8, 4) is 5.75 Å². The van der Waals surface area contributed by atoms with Crippen LogP contribution < -0.4 is 5.32 Å². The zero-order valence-corrected chi connectivity index (χ0v) is 12.5. The summed E-state index contributed by atoms with van der Waals surface area (Å²) in [6.07, 6.45) is 2.46. The molecule has 1 aromatic heterocycles. The molecule has 0 spiro atoms. The molecule has 0 radical (unpaired) electrons. The Labute approximate surface area is 129 Å². The number of aryl methyl sites for hydroxylation is 1. The number of carbonyl (C=O) groups is 1. The van der Waals surface area contributed by atoms with E-state index in [2.05, 4.69) is 10.3 Å². The van der Waals surface area contributed by atoms with Gasteiger partial charge in [0.25, 0.3) is 5.91 Å². The molecule has 0 saturated heterocycles. The molecule has 1 heterocycles. The number of carbonyl (C=O) groups excluding carboxylic acids is 1. The molecule has 0 saturated carbocycles. The molecule has 0 aliphatic carbocycles. The van der Waals surface area contributed by atoms with E-state index in [-0.39, 0.29) is 12.3 Å². The molecule has 22 heavy (non-hydrogen) atoms. The van der Waals surface area contributed by atoms with Gasteiger partial charge >= 0.3 is 0 Å². The summed E-state index contributed by atoms with van der Waals surface area (Å²) in [5.41, 5.74) is -0.0343. The Morgan fingerprint density at radius 1 is 1.23 bits per heavy atom. The van der Waals surface area contributed by atoms with Gasteiger partial charge in [-0.05, 0) is 37.5 Å². The Morgan fingerprint density at radius 2 is 1.95 bits per heavy atom. The smallest absolute Gasteiger partial charge is 0.252 e. The minimum atomic E-state index is -1.47. The highest BCUT2D eigenvalue weighted by Crippen LogP contribution is 2.16. The van der Waals surface area contributed by atoms with Gasteiger partial charge in [-0.3, -0.25) is 9.78 Å².